The predicted octanol–water partition coefficient (Wildman–Crippen LogP) is 2.11. The molecule has 0 radical (unpaired) electrons. The highest BCUT2D eigenvalue weighted by Crippen LogP contribution is 2.35. The minimum Gasteiger partial charge on any atom is -0.339 e. The molecule has 1 aromatic rings. The molecule has 0 aromatic carbocycles. The van der Waals surface area contributed by atoms with Crippen molar-refractivity contribution in [2.45, 2.75) is 64.8 Å². The van der Waals surface area contributed by atoms with Crippen LogP contribution in [0, 0.1) is 19.8 Å². The summed E-state index contributed by atoms with van der Waals surface area (Å²) in [5.74, 6) is 0.888. The van der Waals surface area contributed by atoms with Crippen LogP contribution in [-0.2, 0) is 11.2 Å². The molecule has 1 aromatic heterocycles. The van der Waals surface area contributed by atoms with Crippen molar-refractivity contribution >= 4 is 5.91 Å². The highest BCUT2D eigenvalue weighted by atomic mass is 16.2. The molecule has 2 aliphatic rings. The second-order valence-corrected chi connectivity index (χ2v) is 6.75. The summed E-state index contributed by atoms with van der Waals surface area (Å²) in [5.41, 5.74) is 1.98. The summed E-state index contributed by atoms with van der Waals surface area (Å²) in [5, 5.41) is 0. The molecule has 2 atom stereocenters. The third-order valence-electron chi connectivity index (χ3n) is 5.34. The molecule has 3 rings (SSSR count). The summed E-state index contributed by atoms with van der Waals surface area (Å²) in [7, 11) is 0. The molecule has 1 saturated heterocycles. The van der Waals surface area contributed by atoms with E-state index in [1.807, 2.05) is 13.8 Å². The van der Waals surface area contributed by atoms with E-state index in [4.69, 9.17) is 0 Å². The molecule has 1 aliphatic carbocycles. The van der Waals surface area contributed by atoms with Crippen LogP contribution >= 0.6 is 0 Å². The molecule has 1 N–H and O–H groups in total. The van der Waals surface area contributed by atoms with Crippen molar-refractivity contribution in [1.29, 1.82) is 0 Å². The molecule has 2 heterocycles. The van der Waals surface area contributed by atoms with Gasteiger partial charge in [-0.3, -0.25) is 4.79 Å². The first-order valence-electron chi connectivity index (χ1n) is 8.42. The number of hydrogen-bond donors (Lipinski definition) is 1. The summed E-state index contributed by atoms with van der Waals surface area (Å²) < 4.78 is 0. The Bertz CT molecular complexity index is 595. The Labute approximate surface area is 131 Å². The topological polar surface area (TPSA) is 66.1 Å². The highest BCUT2D eigenvalue weighted by molar-refractivity contribution is 5.79. The summed E-state index contributed by atoms with van der Waals surface area (Å²) in [6, 6.07) is 0.436. The van der Waals surface area contributed by atoms with Crippen LogP contribution in [0.25, 0.3) is 0 Å². The van der Waals surface area contributed by atoms with Crippen LogP contribution in [0.3, 0.4) is 0 Å². The molecule has 0 spiro atoms. The Morgan fingerprint density at radius 3 is 2.73 bits per heavy atom. The van der Waals surface area contributed by atoms with E-state index in [2.05, 4.69) is 14.9 Å². The number of carbonyl (C=O) groups excluding carboxylic acids is 1. The van der Waals surface area contributed by atoms with Gasteiger partial charge in [0.05, 0.1) is 6.42 Å². The first-order chi connectivity index (χ1) is 10.6. The van der Waals surface area contributed by atoms with E-state index in [0.717, 1.165) is 30.6 Å². The zero-order valence-electron chi connectivity index (χ0n) is 13.5. The first-order valence-corrected chi connectivity index (χ1v) is 8.42. The fraction of sp³-hybridized carbons (Fsp3) is 0.706. The Morgan fingerprint density at radius 1 is 1.23 bits per heavy atom. The summed E-state index contributed by atoms with van der Waals surface area (Å²) in [6.45, 7) is 4.54. The van der Waals surface area contributed by atoms with Crippen LogP contribution in [-0.4, -0.2) is 33.4 Å². The van der Waals surface area contributed by atoms with Gasteiger partial charge in [-0.05, 0) is 45.4 Å². The monoisotopic (exact) mass is 303 g/mol. The number of piperidine rings is 1. The average molecular weight is 303 g/mol. The Hall–Kier alpha value is -1.65. The van der Waals surface area contributed by atoms with Crippen molar-refractivity contribution in [1.82, 2.24) is 14.9 Å². The highest BCUT2D eigenvalue weighted by Gasteiger charge is 2.35. The van der Waals surface area contributed by atoms with Gasteiger partial charge in [-0.2, -0.15) is 4.98 Å². The molecule has 0 bridgehead atoms. The van der Waals surface area contributed by atoms with E-state index >= 15 is 0 Å². The van der Waals surface area contributed by atoms with Crippen molar-refractivity contribution in [3.8, 4) is 0 Å². The molecular formula is C17H25N3O2. The molecule has 2 fully saturated rings. The maximum absolute atomic E-state index is 12.8. The van der Waals surface area contributed by atoms with Crippen molar-refractivity contribution < 1.29 is 4.79 Å². The molecule has 0 unspecified atom stereocenters. The number of likely N-dealkylation sites (tertiary alicyclic amines) is 1. The van der Waals surface area contributed by atoms with E-state index in [9.17, 15) is 9.59 Å². The number of rotatable bonds is 2. The average Bonchev–Trinajstić information content (AvgIpc) is 2.50. The van der Waals surface area contributed by atoms with Crippen molar-refractivity contribution in [2.24, 2.45) is 5.92 Å². The van der Waals surface area contributed by atoms with Gasteiger partial charge in [0.25, 0.3) is 0 Å². The van der Waals surface area contributed by atoms with E-state index < -0.39 is 0 Å². The quantitative estimate of drug-likeness (QED) is 0.910. The number of aryl methyl sites for hydroxylation is 2. The van der Waals surface area contributed by atoms with E-state index in [1.165, 1.54) is 25.7 Å². The van der Waals surface area contributed by atoms with Gasteiger partial charge in [-0.25, -0.2) is 4.79 Å². The lowest BCUT2D eigenvalue weighted by molar-refractivity contribution is -0.136. The van der Waals surface area contributed by atoms with Crippen molar-refractivity contribution in [3.05, 3.63) is 27.4 Å². The largest absolute Gasteiger partial charge is 0.345 e. The van der Waals surface area contributed by atoms with Crippen molar-refractivity contribution in [3.63, 3.8) is 0 Å². The minimum absolute atomic E-state index is 0.191. The molecule has 5 heteroatoms. The van der Waals surface area contributed by atoms with Gasteiger partial charge >= 0.3 is 5.69 Å². The number of nitrogens with zero attached hydrogens (tertiary/aromatic N) is 2. The van der Waals surface area contributed by atoms with Gasteiger partial charge in [-0.15, -0.1) is 0 Å². The predicted molar refractivity (Wildman–Crippen MR) is 84.7 cm³/mol. The maximum Gasteiger partial charge on any atom is 0.345 e. The first kappa shape index (κ1) is 15.3. The lowest BCUT2D eigenvalue weighted by Gasteiger charge is -2.44. The molecule has 1 amide bonds. The van der Waals surface area contributed by atoms with Crippen LogP contribution in [0.4, 0.5) is 0 Å². The smallest absolute Gasteiger partial charge is 0.339 e. The second-order valence-electron chi connectivity index (χ2n) is 6.75. The number of aromatic amines is 1. The number of amides is 1. The molecule has 1 saturated carbocycles. The number of aromatic nitrogens is 2. The summed E-state index contributed by atoms with van der Waals surface area (Å²) >= 11 is 0. The zero-order valence-corrected chi connectivity index (χ0v) is 13.5. The standard InChI is InChI=1S/C17H25N3O2/c1-11-14(12(2)19-17(22)18-11)10-16(21)20-9-5-7-13-6-3-4-8-15(13)20/h13,15H,3-10H2,1-2H3,(H,18,19,22)/t13-,15+/m0/s1. The van der Waals surface area contributed by atoms with Crippen LogP contribution in [0.15, 0.2) is 4.79 Å². The normalized spacial score (nSPS) is 24.9. The van der Waals surface area contributed by atoms with Gasteiger partial charge in [0.15, 0.2) is 0 Å². The van der Waals surface area contributed by atoms with Crippen LogP contribution in [0.2, 0.25) is 0 Å². The number of hydrogen-bond acceptors (Lipinski definition) is 3. The number of H-pyrrole nitrogens is 1. The van der Waals surface area contributed by atoms with E-state index in [1.54, 1.807) is 0 Å². The number of fused-ring (bicyclic) bond motifs is 1. The van der Waals surface area contributed by atoms with Crippen LogP contribution < -0.4 is 5.69 Å². The Kier molecular flexibility index (Phi) is 4.32. The van der Waals surface area contributed by atoms with Gasteiger partial charge < -0.3 is 9.88 Å². The minimum atomic E-state index is -0.337. The molecule has 120 valence electrons. The molecule has 22 heavy (non-hydrogen) atoms. The lowest BCUT2D eigenvalue weighted by atomic mass is 9.78. The fourth-order valence-corrected chi connectivity index (χ4v) is 4.20. The van der Waals surface area contributed by atoms with Crippen LogP contribution in [0.5, 0.6) is 0 Å². The summed E-state index contributed by atoms with van der Waals surface area (Å²) in [4.78, 5) is 32.9. The third kappa shape index (κ3) is 2.94. The van der Waals surface area contributed by atoms with Crippen LogP contribution in [0.1, 0.15) is 55.5 Å². The Morgan fingerprint density at radius 2 is 1.95 bits per heavy atom. The van der Waals surface area contributed by atoms with Gasteiger partial charge in [0, 0.05) is 29.5 Å². The second kappa shape index (κ2) is 6.23. The third-order valence-corrected chi connectivity index (χ3v) is 5.34. The van der Waals surface area contributed by atoms with E-state index in [0.29, 0.717) is 24.1 Å². The molecular weight excluding hydrogens is 278 g/mol. The fourth-order valence-electron chi connectivity index (χ4n) is 4.20. The van der Waals surface area contributed by atoms with Crippen molar-refractivity contribution in [2.75, 3.05) is 6.54 Å². The molecule has 5 nitrogen and oxygen atoms in total. The maximum atomic E-state index is 12.8. The SMILES string of the molecule is Cc1nc(=O)[nH]c(C)c1CC(=O)N1CCC[C@@H]2CCCC[C@H]21. The summed E-state index contributed by atoms with van der Waals surface area (Å²) in [6.07, 6.45) is 7.71. The lowest BCUT2D eigenvalue weighted by Crippen LogP contribution is -2.50. The molecule has 1 aliphatic heterocycles. The van der Waals surface area contributed by atoms with E-state index in [-0.39, 0.29) is 11.6 Å². The zero-order chi connectivity index (χ0) is 15.7. The van der Waals surface area contributed by atoms with Gasteiger partial charge in [0.1, 0.15) is 0 Å². The van der Waals surface area contributed by atoms with Gasteiger partial charge in [-0.1, -0.05) is 12.8 Å². The number of nitrogens with one attached hydrogen (secondary N) is 1. The number of carbonyl (C=O) groups is 1. The van der Waals surface area contributed by atoms with Gasteiger partial charge in [0.2, 0.25) is 5.91 Å². The Balaban J connectivity index is 1.78.